The molecule has 6 aromatic carbocycles. The van der Waals surface area contributed by atoms with Gasteiger partial charge in [-0.25, -0.2) is 0 Å². The van der Waals surface area contributed by atoms with Crippen LogP contribution in [0.5, 0.6) is 0 Å². The minimum atomic E-state index is -1.34. The van der Waals surface area contributed by atoms with Crippen molar-refractivity contribution in [3.05, 3.63) is 192 Å². The van der Waals surface area contributed by atoms with Gasteiger partial charge in [0.15, 0.2) is 0 Å². The minimum absolute atomic E-state index is 0. The molecule has 327 valence electrons. The number of rotatable bonds is 11. The van der Waals surface area contributed by atoms with Crippen LogP contribution in [0.3, 0.4) is 0 Å². The number of hydrogen-bond acceptors (Lipinski definition) is 3. The molecule has 0 saturated heterocycles. The van der Waals surface area contributed by atoms with Crippen LogP contribution in [-0.2, 0) is 32.9 Å². The zero-order valence-electron chi connectivity index (χ0n) is 38.7. The van der Waals surface area contributed by atoms with Gasteiger partial charge < -0.3 is 14.0 Å². The van der Waals surface area contributed by atoms with Crippen LogP contribution in [-0.4, -0.2) is 22.6 Å². The summed E-state index contributed by atoms with van der Waals surface area (Å²) in [7, 11) is -1.34. The average molecular weight is 1030 g/mol. The van der Waals surface area contributed by atoms with Crippen molar-refractivity contribution >= 4 is 35.3 Å². The van der Waals surface area contributed by atoms with Crippen LogP contribution in [0.2, 0.25) is 19.6 Å². The summed E-state index contributed by atoms with van der Waals surface area (Å²) < 4.78 is 8.41. The number of benzene rings is 6. The molecule has 9 aromatic rings. The van der Waals surface area contributed by atoms with Crippen molar-refractivity contribution < 1.29 is 24.5 Å². The van der Waals surface area contributed by atoms with Crippen LogP contribution in [0.15, 0.2) is 156 Å². The summed E-state index contributed by atoms with van der Waals surface area (Å²) in [6.07, 6.45) is 7.36. The van der Waals surface area contributed by atoms with Crippen molar-refractivity contribution in [3.63, 3.8) is 0 Å². The predicted molar refractivity (Wildman–Crippen MR) is 268 cm³/mol. The summed E-state index contributed by atoms with van der Waals surface area (Å²) in [6.45, 7) is 20.9. The topological polar surface area (TPSA) is 43.9 Å². The van der Waals surface area contributed by atoms with Crippen molar-refractivity contribution in [2.24, 2.45) is 5.92 Å². The molecule has 0 amide bonds. The summed E-state index contributed by atoms with van der Waals surface area (Å²) >= 11 is 0. The Balaban J connectivity index is 0.000000246. The normalized spacial score (nSPS) is 11.6. The standard InChI is InChI=1S/C40H35N2O.C18H24NSi.Ir/c1-26(2)32-23-31(30-15-9-6-10-16-30)24-33(27(3)4)39(32)42-37-18-12-11-17-36(37)41-40(42)35-25-43-38-20-19-29(22-34(35)38)21-28-13-7-5-8-14-28;1-14(2)11-16-12-17(15-9-7-6-8-10-15)19-13-18(16)20(3,4)5;/h5-20,22-24,26-27H,21H2,1-4H3;6-9,12-14H,11H2,1-5H3;/q2*-1;. The Morgan fingerprint density at radius 3 is 1.97 bits per heavy atom. The molecular weight excluding hydrogens is 975 g/mol. The molecule has 0 N–H and O–H groups in total. The maximum atomic E-state index is 6.05. The van der Waals surface area contributed by atoms with Crippen LogP contribution >= 0.6 is 0 Å². The van der Waals surface area contributed by atoms with Gasteiger partial charge in [0.05, 0.1) is 24.9 Å². The zero-order chi connectivity index (χ0) is 44.3. The Labute approximate surface area is 395 Å². The van der Waals surface area contributed by atoms with Crippen molar-refractivity contribution in [1.82, 2.24) is 14.5 Å². The fraction of sp³-hybridized carbons (Fsp3) is 0.241. The number of fused-ring (bicyclic) bond motifs is 2. The molecule has 0 spiro atoms. The van der Waals surface area contributed by atoms with E-state index in [0.29, 0.717) is 17.8 Å². The van der Waals surface area contributed by atoms with Gasteiger partial charge in [0.2, 0.25) is 0 Å². The maximum Gasteiger partial charge on any atom is 0.0798 e. The first-order valence-electron chi connectivity index (χ1n) is 22.5. The summed E-state index contributed by atoms with van der Waals surface area (Å²) in [5.41, 5.74) is 16.1. The van der Waals surface area contributed by atoms with E-state index in [-0.39, 0.29) is 20.1 Å². The Morgan fingerprint density at radius 2 is 1.33 bits per heavy atom. The predicted octanol–water partition coefficient (Wildman–Crippen LogP) is 15.0. The summed E-state index contributed by atoms with van der Waals surface area (Å²) in [5, 5.41) is 2.52. The Morgan fingerprint density at radius 1 is 0.672 bits per heavy atom. The van der Waals surface area contributed by atoms with Crippen molar-refractivity contribution in [2.75, 3.05) is 0 Å². The maximum absolute atomic E-state index is 6.05. The third kappa shape index (κ3) is 10.2. The van der Waals surface area contributed by atoms with Gasteiger partial charge >= 0.3 is 0 Å². The van der Waals surface area contributed by atoms with Crippen LogP contribution in [0.1, 0.15) is 81.2 Å². The molecule has 1 radical (unpaired) electrons. The number of aromatic nitrogens is 3. The van der Waals surface area contributed by atoms with Crippen molar-refractivity contribution in [3.8, 4) is 39.5 Å². The second kappa shape index (κ2) is 20.0. The third-order valence-electron chi connectivity index (χ3n) is 11.8. The van der Waals surface area contributed by atoms with Gasteiger partial charge in [-0.15, -0.1) is 35.9 Å². The number of imidazole rings is 1. The van der Waals surface area contributed by atoms with Crippen molar-refractivity contribution in [1.29, 1.82) is 0 Å². The van der Waals surface area contributed by atoms with Gasteiger partial charge in [-0.05, 0) is 93.6 Å². The third-order valence-corrected chi connectivity index (χ3v) is 13.8. The first kappa shape index (κ1) is 46.3. The monoisotopic (exact) mass is 1030 g/mol. The van der Waals surface area contributed by atoms with E-state index in [1.165, 1.54) is 49.8 Å². The Bertz CT molecular complexity index is 2930. The van der Waals surface area contributed by atoms with Gasteiger partial charge in [0.1, 0.15) is 0 Å². The molecule has 0 aliphatic carbocycles. The van der Waals surface area contributed by atoms with Gasteiger partial charge in [-0.3, -0.25) is 4.98 Å². The van der Waals surface area contributed by atoms with Crippen LogP contribution in [0.4, 0.5) is 0 Å². The van der Waals surface area contributed by atoms with Gasteiger partial charge in [-0.1, -0.05) is 180 Å². The van der Waals surface area contributed by atoms with Crippen LogP contribution < -0.4 is 5.19 Å². The fourth-order valence-electron chi connectivity index (χ4n) is 8.65. The number of hydrogen-bond donors (Lipinski definition) is 0. The molecule has 4 nitrogen and oxygen atoms in total. The van der Waals surface area contributed by atoms with Gasteiger partial charge in [0, 0.05) is 43.8 Å². The van der Waals surface area contributed by atoms with E-state index in [1.807, 2.05) is 18.2 Å². The van der Waals surface area contributed by atoms with E-state index < -0.39 is 8.07 Å². The van der Waals surface area contributed by atoms with E-state index in [0.717, 1.165) is 57.5 Å². The Kier molecular flexibility index (Phi) is 14.5. The molecule has 0 fully saturated rings. The molecule has 0 unspecified atom stereocenters. The second-order valence-electron chi connectivity index (χ2n) is 18.9. The first-order valence-corrected chi connectivity index (χ1v) is 26.0. The van der Waals surface area contributed by atoms with E-state index >= 15 is 0 Å². The quantitative estimate of drug-likeness (QED) is 0.0958. The molecule has 0 bridgehead atoms. The number of pyridine rings is 1. The summed E-state index contributed by atoms with van der Waals surface area (Å²) in [4.78, 5) is 9.94. The minimum Gasteiger partial charge on any atom is -0.557 e. The van der Waals surface area contributed by atoms with Gasteiger partial charge in [0.25, 0.3) is 0 Å². The second-order valence-corrected chi connectivity index (χ2v) is 23.9. The molecule has 3 aromatic heterocycles. The molecule has 0 atom stereocenters. The first-order chi connectivity index (χ1) is 30.4. The molecule has 0 saturated carbocycles. The van der Waals surface area contributed by atoms with Crippen molar-refractivity contribution in [2.45, 2.75) is 85.9 Å². The molecular formula is C58H59IrN3OSi-2. The van der Waals surface area contributed by atoms with E-state index in [9.17, 15) is 0 Å². The van der Waals surface area contributed by atoms with E-state index in [2.05, 4.69) is 217 Å². The molecule has 3 heterocycles. The number of para-hydroxylation sites is 2. The molecule has 0 aliphatic heterocycles. The van der Waals surface area contributed by atoms with E-state index in [1.54, 1.807) is 0 Å². The van der Waals surface area contributed by atoms with Crippen LogP contribution in [0, 0.1) is 18.2 Å². The molecule has 6 heteroatoms. The Hall–Kier alpha value is -5.65. The number of furan rings is 1. The van der Waals surface area contributed by atoms with E-state index in [4.69, 9.17) is 9.40 Å². The number of nitrogens with zero attached hydrogens (tertiary/aromatic N) is 3. The molecule has 64 heavy (non-hydrogen) atoms. The molecule has 9 rings (SSSR count). The van der Waals surface area contributed by atoms with Crippen LogP contribution in [0.25, 0.3) is 61.5 Å². The fourth-order valence-corrected chi connectivity index (χ4v) is 10.2. The average Bonchev–Trinajstić information content (AvgIpc) is 3.87. The SMILES string of the molecule is CC(C)Cc1cc(-c2[c-]cccc2)ncc1[Si](C)(C)C.CC(C)c1cc(-c2ccccc2)cc(C(C)C)c1-n1c(-c2[c-]oc3ccc(Cc4ccccc4)cc23)nc2ccccc21.[Ir]. The summed E-state index contributed by atoms with van der Waals surface area (Å²) in [6, 6.07) is 54.5. The largest absolute Gasteiger partial charge is 0.557 e. The zero-order valence-corrected chi connectivity index (χ0v) is 42.1. The smallest absolute Gasteiger partial charge is 0.0798 e. The summed E-state index contributed by atoms with van der Waals surface area (Å²) in [5.74, 6) is 2.12. The molecule has 0 aliphatic rings. The van der Waals surface area contributed by atoms with Gasteiger partial charge in [-0.2, -0.15) is 0 Å².